The van der Waals surface area contributed by atoms with Gasteiger partial charge in [0.1, 0.15) is 6.61 Å². The molecular formula is C20H22N2O3. The van der Waals surface area contributed by atoms with Gasteiger partial charge in [0, 0.05) is 23.8 Å². The molecule has 1 aliphatic rings. The van der Waals surface area contributed by atoms with Crippen molar-refractivity contribution >= 4 is 23.4 Å². The van der Waals surface area contributed by atoms with Crippen LogP contribution >= 0.6 is 0 Å². The lowest BCUT2D eigenvalue weighted by Crippen LogP contribution is -2.40. The predicted molar refractivity (Wildman–Crippen MR) is 97.6 cm³/mol. The lowest BCUT2D eigenvalue weighted by molar-refractivity contribution is -0.119. The molecule has 0 saturated heterocycles. The third-order valence-corrected chi connectivity index (χ3v) is 4.19. The van der Waals surface area contributed by atoms with Crippen molar-refractivity contribution in [3.05, 3.63) is 59.7 Å². The second-order valence-corrected chi connectivity index (χ2v) is 6.39. The van der Waals surface area contributed by atoms with Gasteiger partial charge in [-0.15, -0.1) is 0 Å². The molecule has 0 unspecified atom stereocenters. The Bertz CT molecular complexity index is 772. The summed E-state index contributed by atoms with van der Waals surface area (Å²) in [5.74, 6) is 0.144. The number of hydrogen-bond acceptors (Lipinski definition) is 3. The van der Waals surface area contributed by atoms with Gasteiger partial charge in [-0.1, -0.05) is 30.3 Å². The molecule has 2 aromatic carbocycles. The molecule has 0 spiro atoms. The van der Waals surface area contributed by atoms with Crippen LogP contribution in [-0.2, 0) is 22.6 Å². The number of carbonyl (C=O) groups excluding carboxylic acids is 2. The van der Waals surface area contributed by atoms with Gasteiger partial charge in [-0.2, -0.15) is 0 Å². The summed E-state index contributed by atoms with van der Waals surface area (Å²) in [6, 6.07) is 15.3. The van der Waals surface area contributed by atoms with E-state index in [1.165, 1.54) is 0 Å². The number of anilines is 2. The molecule has 130 valence electrons. The highest BCUT2D eigenvalue weighted by Crippen LogP contribution is 2.31. The molecule has 0 bridgehead atoms. The van der Waals surface area contributed by atoms with E-state index in [0.717, 1.165) is 16.8 Å². The summed E-state index contributed by atoms with van der Waals surface area (Å²) < 4.78 is 5.24. The first-order valence-electron chi connectivity index (χ1n) is 8.47. The highest BCUT2D eigenvalue weighted by Gasteiger charge is 2.26. The van der Waals surface area contributed by atoms with Crippen molar-refractivity contribution in [3.63, 3.8) is 0 Å². The second-order valence-electron chi connectivity index (χ2n) is 6.39. The molecular weight excluding hydrogens is 316 g/mol. The lowest BCUT2D eigenvalue weighted by atomic mass is 9.99. The zero-order valence-corrected chi connectivity index (χ0v) is 14.5. The van der Waals surface area contributed by atoms with Crippen molar-refractivity contribution < 1.29 is 14.3 Å². The van der Waals surface area contributed by atoms with E-state index >= 15 is 0 Å². The lowest BCUT2D eigenvalue weighted by Gasteiger charge is -2.33. The average molecular weight is 338 g/mol. The van der Waals surface area contributed by atoms with Crippen LogP contribution in [-0.4, -0.2) is 18.0 Å². The van der Waals surface area contributed by atoms with Gasteiger partial charge in [0.2, 0.25) is 5.91 Å². The molecule has 3 rings (SSSR count). The summed E-state index contributed by atoms with van der Waals surface area (Å²) in [5.41, 5.74) is 3.60. The standard InChI is InChI=1S/C20H22N2O3/c1-14(2)22-18-10-9-17(12-16(18)8-11-19(22)23)21-20(24)25-13-15-6-4-3-5-7-15/h3-7,9-10,12,14H,8,11,13H2,1-2H3,(H,21,24). The van der Waals surface area contributed by atoms with E-state index in [0.29, 0.717) is 18.5 Å². The predicted octanol–water partition coefficient (Wildman–Crippen LogP) is 4.12. The summed E-state index contributed by atoms with van der Waals surface area (Å²) >= 11 is 0. The minimum absolute atomic E-state index is 0.112. The average Bonchev–Trinajstić information content (AvgIpc) is 2.60. The van der Waals surface area contributed by atoms with Crippen LogP contribution in [0.2, 0.25) is 0 Å². The topological polar surface area (TPSA) is 58.6 Å². The quantitative estimate of drug-likeness (QED) is 0.912. The first-order chi connectivity index (χ1) is 12.0. The Morgan fingerprint density at radius 3 is 2.64 bits per heavy atom. The van der Waals surface area contributed by atoms with Gasteiger partial charge < -0.3 is 9.64 Å². The van der Waals surface area contributed by atoms with Crippen molar-refractivity contribution in [2.75, 3.05) is 10.2 Å². The maximum atomic E-state index is 12.1. The van der Waals surface area contributed by atoms with Gasteiger partial charge in [-0.3, -0.25) is 10.1 Å². The number of rotatable bonds is 4. The van der Waals surface area contributed by atoms with Crippen LogP contribution in [0.4, 0.5) is 16.2 Å². The van der Waals surface area contributed by atoms with Gasteiger partial charge in [-0.25, -0.2) is 4.79 Å². The molecule has 0 saturated carbocycles. The minimum atomic E-state index is -0.489. The van der Waals surface area contributed by atoms with Gasteiger partial charge in [0.15, 0.2) is 0 Å². The normalized spacial score (nSPS) is 13.6. The van der Waals surface area contributed by atoms with Crippen LogP contribution in [0.1, 0.15) is 31.4 Å². The number of aryl methyl sites for hydroxylation is 1. The Morgan fingerprint density at radius 2 is 1.92 bits per heavy atom. The van der Waals surface area contributed by atoms with E-state index in [1.807, 2.05) is 61.2 Å². The molecule has 0 fully saturated rings. The van der Waals surface area contributed by atoms with Crippen LogP contribution in [0, 0.1) is 0 Å². The Balaban J connectivity index is 1.66. The minimum Gasteiger partial charge on any atom is -0.444 e. The van der Waals surface area contributed by atoms with Crippen molar-refractivity contribution in [1.82, 2.24) is 0 Å². The Morgan fingerprint density at radius 1 is 1.16 bits per heavy atom. The molecule has 5 heteroatoms. The van der Waals surface area contributed by atoms with E-state index < -0.39 is 6.09 Å². The third-order valence-electron chi connectivity index (χ3n) is 4.19. The van der Waals surface area contributed by atoms with Gasteiger partial charge in [-0.05, 0) is 49.6 Å². The molecule has 0 atom stereocenters. The summed E-state index contributed by atoms with van der Waals surface area (Å²) in [6.07, 6.45) is 0.690. The maximum Gasteiger partial charge on any atom is 0.411 e. The molecule has 0 aromatic heterocycles. The summed E-state index contributed by atoms with van der Waals surface area (Å²) in [5, 5.41) is 2.75. The third kappa shape index (κ3) is 3.99. The summed E-state index contributed by atoms with van der Waals surface area (Å²) in [4.78, 5) is 25.9. The first kappa shape index (κ1) is 17.0. The van der Waals surface area contributed by atoms with Crippen molar-refractivity contribution in [2.45, 2.75) is 39.3 Å². The highest BCUT2D eigenvalue weighted by molar-refractivity contribution is 5.97. The van der Waals surface area contributed by atoms with Crippen molar-refractivity contribution in [2.24, 2.45) is 0 Å². The fourth-order valence-electron chi connectivity index (χ4n) is 3.04. The molecule has 2 aromatic rings. The number of amides is 2. The van der Waals surface area contributed by atoms with Crippen LogP contribution in [0.5, 0.6) is 0 Å². The van der Waals surface area contributed by atoms with Crippen LogP contribution in [0.25, 0.3) is 0 Å². The zero-order valence-electron chi connectivity index (χ0n) is 14.5. The van der Waals surface area contributed by atoms with Gasteiger partial charge in [0.05, 0.1) is 0 Å². The van der Waals surface area contributed by atoms with Gasteiger partial charge in [0.25, 0.3) is 0 Å². The largest absolute Gasteiger partial charge is 0.444 e. The van der Waals surface area contributed by atoms with E-state index in [1.54, 1.807) is 6.07 Å². The second kappa shape index (κ2) is 7.38. The van der Waals surface area contributed by atoms with Crippen LogP contribution < -0.4 is 10.2 Å². The number of nitrogens with zero attached hydrogens (tertiary/aromatic N) is 1. The van der Waals surface area contributed by atoms with E-state index in [9.17, 15) is 9.59 Å². The number of nitrogens with one attached hydrogen (secondary N) is 1. The highest BCUT2D eigenvalue weighted by atomic mass is 16.5. The number of benzene rings is 2. The van der Waals surface area contributed by atoms with E-state index in [4.69, 9.17) is 4.74 Å². The Hall–Kier alpha value is -2.82. The molecule has 2 amide bonds. The summed E-state index contributed by atoms with van der Waals surface area (Å²) in [6.45, 7) is 4.23. The van der Waals surface area contributed by atoms with Gasteiger partial charge >= 0.3 is 6.09 Å². The monoisotopic (exact) mass is 338 g/mol. The Labute approximate surface area is 147 Å². The molecule has 1 heterocycles. The van der Waals surface area contributed by atoms with Crippen LogP contribution in [0.3, 0.4) is 0 Å². The number of hydrogen-bond donors (Lipinski definition) is 1. The molecule has 1 aliphatic heterocycles. The molecule has 25 heavy (non-hydrogen) atoms. The number of ether oxygens (including phenoxy) is 1. The molecule has 0 aliphatic carbocycles. The number of fused-ring (bicyclic) bond motifs is 1. The van der Waals surface area contributed by atoms with Crippen LogP contribution in [0.15, 0.2) is 48.5 Å². The molecule has 0 radical (unpaired) electrons. The fraction of sp³-hybridized carbons (Fsp3) is 0.300. The zero-order chi connectivity index (χ0) is 17.8. The van der Waals surface area contributed by atoms with E-state index in [-0.39, 0.29) is 18.6 Å². The van der Waals surface area contributed by atoms with Crippen molar-refractivity contribution in [1.29, 1.82) is 0 Å². The first-order valence-corrected chi connectivity index (χ1v) is 8.47. The molecule has 5 nitrogen and oxygen atoms in total. The summed E-state index contributed by atoms with van der Waals surface area (Å²) in [7, 11) is 0. The fourth-order valence-corrected chi connectivity index (χ4v) is 3.04. The smallest absolute Gasteiger partial charge is 0.411 e. The maximum absolute atomic E-state index is 12.1. The van der Waals surface area contributed by atoms with Crippen molar-refractivity contribution in [3.8, 4) is 0 Å². The van der Waals surface area contributed by atoms with E-state index in [2.05, 4.69) is 5.32 Å². The SMILES string of the molecule is CC(C)N1C(=O)CCc2cc(NC(=O)OCc3ccccc3)ccc21. The molecule has 1 N–H and O–H groups in total. The Kier molecular flexibility index (Phi) is 5.03. The number of carbonyl (C=O) groups is 2.